The normalized spacial score (nSPS) is 12.0. The summed E-state index contributed by atoms with van der Waals surface area (Å²) in [7, 11) is -4.17. The third-order valence-electron chi connectivity index (χ3n) is 7.43. The lowest BCUT2D eigenvalue weighted by Crippen LogP contribution is -2.53. The molecule has 0 fully saturated rings. The zero-order valence-electron chi connectivity index (χ0n) is 26.1. The highest BCUT2D eigenvalue weighted by molar-refractivity contribution is 7.92. The molecule has 0 aliphatic rings. The number of nitrogens with zero attached hydrogens (tertiary/aromatic N) is 2. The predicted molar refractivity (Wildman–Crippen MR) is 181 cm³/mol. The Kier molecular flexibility index (Phi) is 11.4. The first kappa shape index (κ1) is 33.7. The Morgan fingerprint density at radius 2 is 1.36 bits per heavy atom. The van der Waals surface area contributed by atoms with Gasteiger partial charge in [-0.25, -0.2) is 8.42 Å². The molecule has 0 spiro atoms. The molecule has 0 saturated heterocycles. The number of carbonyl (C=O) groups is 2. The zero-order valence-corrected chi connectivity index (χ0v) is 27.7. The molecule has 9 heteroatoms. The minimum absolute atomic E-state index is 0.0523. The number of benzene rings is 4. The minimum Gasteiger partial charge on any atom is -0.354 e. The number of hydrogen-bond donors (Lipinski definition) is 1. The highest BCUT2D eigenvalue weighted by atomic mass is 35.5. The molecule has 1 N–H and O–H groups in total. The van der Waals surface area contributed by atoms with E-state index in [9.17, 15) is 18.0 Å². The molecule has 4 rings (SSSR count). The Labute approximate surface area is 271 Å². The molecule has 2 amide bonds. The predicted octanol–water partition coefficient (Wildman–Crippen LogP) is 6.56. The molecule has 236 valence electrons. The van der Waals surface area contributed by atoms with Crippen molar-refractivity contribution >= 4 is 39.1 Å². The van der Waals surface area contributed by atoms with Crippen molar-refractivity contribution in [2.45, 2.75) is 51.6 Å². The molecule has 1 atom stereocenters. The van der Waals surface area contributed by atoms with Gasteiger partial charge in [0.15, 0.2) is 0 Å². The molecule has 45 heavy (non-hydrogen) atoms. The Balaban J connectivity index is 1.79. The van der Waals surface area contributed by atoms with Crippen molar-refractivity contribution in [2.75, 3.05) is 17.4 Å². The van der Waals surface area contributed by atoms with E-state index in [4.69, 9.17) is 11.6 Å². The van der Waals surface area contributed by atoms with Gasteiger partial charge in [-0.15, -0.1) is 0 Å². The summed E-state index contributed by atoms with van der Waals surface area (Å²) in [5.41, 5.74) is 3.95. The van der Waals surface area contributed by atoms with Gasteiger partial charge in [-0.3, -0.25) is 13.9 Å². The van der Waals surface area contributed by atoms with Crippen LogP contribution >= 0.6 is 11.6 Å². The van der Waals surface area contributed by atoms with Crippen LogP contribution in [0.25, 0.3) is 0 Å². The first-order valence-corrected chi connectivity index (χ1v) is 16.8. The fourth-order valence-electron chi connectivity index (χ4n) is 4.84. The molecule has 0 bridgehead atoms. The van der Waals surface area contributed by atoms with E-state index in [0.29, 0.717) is 11.6 Å². The number of carbonyl (C=O) groups excluding carboxylic acids is 2. The largest absolute Gasteiger partial charge is 0.354 e. The van der Waals surface area contributed by atoms with E-state index in [-0.39, 0.29) is 35.4 Å². The van der Waals surface area contributed by atoms with Crippen LogP contribution < -0.4 is 9.62 Å². The lowest BCUT2D eigenvalue weighted by Gasteiger charge is -2.34. The molecule has 0 aliphatic heterocycles. The third kappa shape index (κ3) is 9.19. The molecular weight excluding hydrogens is 606 g/mol. The van der Waals surface area contributed by atoms with Crippen molar-refractivity contribution in [2.24, 2.45) is 5.92 Å². The Bertz CT molecular complexity index is 1680. The maximum atomic E-state index is 14.5. The van der Waals surface area contributed by atoms with Gasteiger partial charge in [-0.1, -0.05) is 103 Å². The summed E-state index contributed by atoms with van der Waals surface area (Å²) in [5, 5.41) is 3.44. The summed E-state index contributed by atoms with van der Waals surface area (Å²) in [6, 6.07) is 29.1. The molecule has 0 heterocycles. The third-order valence-corrected chi connectivity index (χ3v) is 9.47. The molecule has 0 aliphatic carbocycles. The highest BCUT2D eigenvalue weighted by Crippen LogP contribution is 2.27. The van der Waals surface area contributed by atoms with E-state index in [2.05, 4.69) is 5.32 Å². The molecular formula is C36H40ClN3O4S. The molecule has 0 saturated carbocycles. The van der Waals surface area contributed by atoms with Crippen LogP contribution in [0, 0.1) is 19.8 Å². The number of amides is 2. The van der Waals surface area contributed by atoms with E-state index in [0.717, 1.165) is 26.6 Å². The topological polar surface area (TPSA) is 86.8 Å². The lowest BCUT2D eigenvalue weighted by molar-refractivity contribution is -0.140. The monoisotopic (exact) mass is 645 g/mol. The quantitative estimate of drug-likeness (QED) is 0.178. The number of sulfonamides is 1. The van der Waals surface area contributed by atoms with Gasteiger partial charge in [0.2, 0.25) is 11.8 Å². The average Bonchev–Trinajstić information content (AvgIpc) is 3.02. The first-order valence-electron chi connectivity index (χ1n) is 15.0. The van der Waals surface area contributed by atoms with Crippen molar-refractivity contribution in [1.82, 2.24) is 10.2 Å². The van der Waals surface area contributed by atoms with Crippen molar-refractivity contribution in [1.29, 1.82) is 0 Å². The highest BCUT2D eigenvalue weighted by Gasteiger charge is 2.34. The number of halogens is 1. The number of nitrogens with one attached hydrogen (secondary N) is 1. The molecule has 4 aromatic rings. The van der Waals surface area contributed by atoms with Crippen LogP contribution in [0.2, 0.25) is 5.02 Å². The zero-order chi connectivity index (χ0) is 32.6. The van der Waals surface area contributed by atoms with Gasteiger partial charge in [0.1, 0.15) is 12.6 Å². The molecule has 7 nitrogen and oxygen atoms in total. The summed E-state index contributed by atoms with van der Waals surface area (Å²) >= 11 is 6.14. The smallest absolute Gasteiger partial charge is 0.264 e. The van der Waals surface area contributed by atoms with Gasteiger partial charge in [0, 0.05) is 24.5 Å². The van der Waals surface area contributed by atoms with Gasteiger partial charge in [-0.05, 0) is 67.3 Å². The van der Waals surface area contributed by atoms with Crippen LogP contribution in [0.5, 0.6) is 0 Å². The van der Waals surface area contributed by atoms with Gasteiger partial charge >= 0.3 is 0 Å². The minimum atomic E-state index is -4.17. The first-order chi connectivity index (χ1) is 21.4. The number of hydrogen-bond acceptors (Lipinski definition) is 4. The van der Waals surface area contributed by atoms with Crippen LogP contribution in [0.3, 0.4) is 0 Å². The Morgan fingerprint density at radius 3 is 1.93 bits per heavy atom. The fourth-order valence-corrected chi connectivity index (χ4v) is 6.38. The van der Waals surface area contributed by atoms with Crippen molar-refractivity contribution in [3.8, 4) is 0 Å². The Hall–Kier alpha value is -4.14. The van der Waals surface area contributed by atoms with Crippen LogP contribution in [0.15, 0.2) is 108 Å². The maximum absolute atomic E-state index is 14.5. The lowest BCUT2D eigenvalue weighted by atomic mass is 10.0. The van der Waals surface area contributed by atoms with E-state index in [1.807, 2.05) is 82.3 Å². The van der Waals surface area contributed by atoms with E-state index in [1.165, 1.54) is 17.0 Å². The molecule has 0 radical (unpaired) electrons. The summed E-state index contributed by atoms with van der Waals surface area (Å²) in [5.74, 6) is -0.609. The number of rotatable bonds is 13. The van der Waals surface area contributed by atoms with Crippen molar-refractivity contribution in [3.63, 3.8) is 0 Å². The summed E-state index contributed by atoms with van der Waals surface area (Å²) in [6.45, 7) is 7.89. The van der Waals surface area contributed by atoms with Crippen molar-refractivity contribution in [3.05, 3.63) is 130 Å². The second-order valence-corrected chi connectivity index (χ2v) is 14.0. The second kappa shape index (κ2) is 15.2. The summed E-state index contributed by atoms with van der Waals surface area (Å²) in [6.07, 6.45) is 0.258. The summed E-state index contributed by atoms with van der Waals surface area (Å²) in [4.78, 5) is 29.9. The Morgan fingerprint density at radius 1 is 0.778 bits per heavy atom. The standard InChI is InChI=1S/C36H40ClN3O4S/c1-26(2)23-38-36(42)34(22-29-8-6-5-7-9-29)39(24-30-14-10-27(3)11-15-30)35(41)25-40(32-18-16-31(37)17-19-32)45(43,44)33-20-12-28(4)13-21-33/h5-21,26,34H,22-25H2,1-4H3,(H,38,42)/t34-/m0/s1. The van der Waals surface area contributed by atoms with Gasteiger partial charge in [0.05, 0.1) is 10.6 Å². The van der Waals surface area contributed by atoms with Crippen LogP contribution in [0.4, 0.5) is 5.69 Å². The fraction of sp³-hybridized carbons (Fsp3) is 0.278. The molecule has 0 unspecified atom stereocenters. The molecule has 4 aromatic carbocycles. The van der Waals surface area contributed by atoms with E-state index < -0.39 is 28.5 Å². The van der Waals surface area contributed by atoms with Crippen LogP contribution in [-0.4, -0.2) is 44.3 Å². The maximum Gasteiger partial charge on any atom is 0.264 e. The van der Waals surface area contributed by atoms with Gasteiger partial charge in [0.25, 0.3) is 10.0 Å². The van der Waals surface area contributed by atoms with Crippen LogP contribution in [0.1, 0.15) is 36.1 Å². The van der Waals surface area contributed by atoms with Gasteiger partial charge < -0.3 is 10.2 Å². The number of aryl methyl sites for hydroxylation is 2. The molecule has 0 aromatic heterocycles. The second-order valence-electron chi connectivity index (χ2n) is 11.7. The van der Waals surface area contributed by atoms with E-state index >= 15 is 0 Å². The van der Waals surface area contributed by atoms with E-state index in [1.54, 1.807) is 36.4 Å². The number of anilines is 1. The van der Waals surface area contributed by atoms with Gasteiger partial charge in [-0.2, -0.15) is 0 Å². The average molecular weight is 646 g/mol. The SMILES string of the molecule is Cc1ccc(CN(C(=O)CN(c2ccc(Cl)cc2)S(=O)(=O)c2ccc(C)cc2)[C@@H](Cc2ccccc2)C(=O)NCC(C)C)cc1. The summed E-state index contributed by atoms with van der Waals surface area (Å²) < 4.78 is 29.3. The van der Waals surface area contributed by atoms with Crippen molar-refractivity contribution < 1.29 is 18.0 Å². The van der Waals surface area contributed by atoms with Crippen LogP contribution in [-0.2, 0) is 32.6 Å².